The summed E-state index contributed by atoms with van der Waals surface area (Å²) < 4.78 is 37.3. The van der Waals surface area contributed by atoms with Crippen LogP contribution in [0.3, 0.4) is 0 Å². The molecule has 5 nitrogen and oxygen atoms in total. The van der Waals surface area contributed by atoms with Crippen LogP contribution in [0.15, 0.2) is 5.16 Å². The van der Waals surface area contributed by atoms with Gasteiger partial charge in [0.25, 0.3) is 0 Å². The highest BCUT2D eigenvalue weighted by molar-refractivity contribution is 6.01. The highest BCUT2D eigenvalue weighted by Crippen LogP contribution is 2.34. The van der Waals surface area contributed by atoms with Crippen molar-refractivity contribution in [3.63, 3.8) is 0 Å². The van der Waals surface area contributed by atoms with Gasteiger partial charge < -0.3 is 15.8 Å². The van der Waals surface area contributed by atoms with E-state index < -0.39 is 23.9 Å². The number of halogens is 3. The molecule has 0 aromatic rings. The number of hydrogen-bond acceptors (Lipinski definition) is 3. The van der Waals surface area contributed by atoms with Crippen molar-refractivity contribution >= 4 is 11.7 Å². The van der Waals surface area contributed by atoms with Gasteiger partial charge in [-0.1, -0.05) is 5.16 Å². The molecule has 1 amide bonds. The second kappa shape index (κ2) is 5.45. The molecule has 0 saturated carbocycles. The number of alkyl halides is 3. The van der Waals surface area contributed by atoms with Crippen LogP contribution in [0.4, 0.5) is 13.2 Å². The average Bonchev–Trinajstić information content (AvgIpc) is 2.35. The maximum absolute atomic E-state index is 12.4. The Balaban J connectivity index is 2.56. The molecular weight excluding hydrogens is 251 g/mol. The molecule has 0 aromatic heterocycles. The number of likely N-dealkylation sites (tertiary alicyclic amines) is 1. The van der Waals surface area contributed by atoms with E-state index in [9.17, 15) is 18.0 Å². The lowest BCUT2D eigenvalue weighted by atomic mass is 9.95. The fraction of sp³-hybridized carbons (Fsp3) is 0.800. The lowest BCUT2D eigenvalue weighted by Gasteiger charge is -2.34. The molecule has 1 atom stereocenters. The Bertz CT molecular complexity index is 336. The number of amidine groups is 1. The predicted molar refractivity (Wildman–Crippen MR) is 57.9 cm³/mol. The van der Waals surface area contributed by atoms with Crippen LogP contribution in [-0.4, -0.2) is 41.1 Å². The Morgan fingerprint density at radius 2 is 1.94 bits per heavy atom. The molecule has 8 heteroatoms. The molecule has 104 valence electrons. The highest BCUT2D eigenvalue weighted by atomic mass is 19.4. The molecule has 1 saturated heterocycles. The molecule has 0 spiro atoms. The second-order valence-corrected chi connectivity index (χ2v) is 4.39. The van der Waals surface area contributed by atoms with Gasteiger partial charge in [-0.25, -0.2) is 0 Å². The lowest BCUT2D eigenvalue weighted by Crippen LogP contribution is -2.46. The Morgan fingerprint density at radius 1 is 1.44 bits per heavy atom. The van der Waals surface area contributed by atoms with Crippen molar-refractivity contribution in [2.75, 3.05) is 13.1 Å². The van der Waals surface area contributed by atoms with Gasteiger partial charge in [0.05, 0.1) is 11.8 Å². The smallest absolute Gasteiger partial charge is 0.391 e. The zero-order valence-corrected chi connectivity index (χ0v) is 9.94. The summed E-state index contributed by atoms with van der Waals surface area (Å²) in [7, 11) is 0. The molecule has 1 unspecified atom stereocenters. The van der Waals surface area contributed by atoms with Crippen molar-refractivity contribution in [2.45, 2.75) is 25.9 Å². The normalized spacial score (nSPS) is 20.9. The number of piperidine rings is 1. The van der Waals surface area contributed by atoms with E-state index in [4.69, 9.17) is 10.9 Å². The van der Waals surface area contributed by atoms with E-state index in [1.807, 2.05) is 0 Å². The maximum atomic E-state index is 12.4. The number of oxime groups is 1. The minimum Gasteiger partial charge on any atom is -0.409 e. The number of nitrogens with two attached hydrogens (primary N) is 1. The lowest BCUT2D eigenvalue weighted by molar-refractivity contribution is -0.186. The van der Waals surface area contributed by atoms with Crippen molar-refractivity contribution in [2.24, 2.45) is 22.7 Å². The highest BCUT2D eigenvalue weighted by Gasteiger charge is 2.42. The molecular formula is C10H16F3N3O2. The molecule has 18 heavy (non-hydrogen) atoms. The molecule has 0 aliphatic carbocycles. The summed E-state index contributed by atoms with van der Waals surface area (Å²) in [6, 6.07) is 0. The third kappa shape index (κ3) is 3.27. The SMILES string of the molecule is CC(C(=O)N1CCC(C(F)(F)F)CC1)C(N)=NO. The molecule has 1 fully saturated rings. The van der Waals surface area contributed by atoms with Crippen molar-refractivity contribution < 1.29 is 23.2 Å². The van der Waals surface area contributed by atoms with Crippen molar-refractivity contribution in [1.29, 1.82) is 0 Å². The van der Waals surface area contributed by atoms with Crippen LogP contribution >= 0.6 is 0 Å². The molecule has 0 radical (unpaired) electrons. The first-order valence-electron chi connectivity index (χ1n) is 5.60. The number of amides is 1. The minimum absolute atomic E-state index is 0.0477. The van der Waals surface area contributed by atoms with Crippen LogP contribution in [0, 0.1) is 11.8 Å². The summed E-state index contributed by atoms with van der Waals surface area (Å²) in [5.41, 5.74) is 5.29. The summed E-state index contributed by atoms with van der Waals surface area (Å²) in [6.45, 7) is 1.55. The van der Waals surface area contributed by atoms with E-state index in [1.165, 1.54) is 11.8 Å². The summed E-state index contributed by atoms with van der Waals surface area (Å²) >= 11 is 0. The van der Waals surface area contributed by atoms with Gasteiger partial charge >= 0.3 is 6.18 Å². The summed E-state index contributed by atoms with van der Waals surface area (Å²) in [5, 5.41) is 11.2. The van der Waals surface area contributed by atoms with Crippen LogP contribution in [-0.2, 0) is 4.79 Å². The van der Waals surface area contributed by atoms with E-state index >= 15 is 0 Å². The fourth-order valence-corrected chi connectivity index (χ4v) is 1.91. The topological polar surface area (TPSA) is 78.9 Å². The molecule has 0 bridgehead atoms. The van der Waals surface area contributed by atoms with Gasteiger partial charge in [-0.3, -0.25) is 4.79 Å². The van der Waals surface area contributed by atoms with Gasteiger partial charge in [-0.05, 0) is 19.8 Å². The van der Waals surface area contributed by atoms with Gasteiger partial charge in [-0.15, -0.1) is 0 Å². The quantitative estimate of drug-likeness (QED) is 0.341. The van der Waals surface area contributed by atoms with Crippen LogP contribution in [0.1, 0.15) is 19.8 Å². The average molecular weight is 267 g/mol. The summed E-state index contributed by atoms with van der Waals surface area (Å²) in [4.78, 5) is 13.2. The Labute approximate surface area is 102 Å². The van der Waals surface area contributed by atoms with Crippen LogP contribution in [0.25, 0.3) is 0 Å². The molecule has 1 aliphatic heterocycles. The van der Waals surface area contributed by atoms with E-state index in [0.717, 1.165) is 0 Å². The van der Waals surface area contributed by atoms with Gasteiger partial charge in [0, 0.05) is 13.1 Å². The molecule has 3 N–H and O–H groups in total. The number of rotatable bonds is 2. The van der Waals surface area contributed by atoms with Crippen LogP contribution < -0.4 is 5.73 Å². The van der Waals surface area contributed by atoms with E-state index in [2.05, 4.69) is 5.16 Å². The first-order valence-corrected chi connectivity index (χ1v) is 5.60. The molecule has 1 rings (SSSR count). The number of hydrogen-bond donors (Lipinski definition) is 2. The standard InChI is InChI=1S/C10H16F3N3O2/c1-6(8(14)15-18)9(17)16-4-2-7(3-5-16)10(11,12)13/h6-7,18H,2-5H2,1H3,(H2,14,15). The minimum atomic E-state index is -4.20. The van der Waals surface area contributed by atoms with Gasteiger partial charge in [0.1, 0.15) is 0 Å². The number of nitrogens with zero attached hydrogens (tertiary/aromatic N) is 2. The van der Waals surface area contributed by atoms with E-state index in [1.54, 1.807) is 0 Å². The molecule has 1 aliphatic rings. The number of carbonyl (C=O) groups excluding carboxylic acids is 1. The van der Waals surface area contributed by atoms with Gasteiger partial charge in [0.15, 0.2) is 5.84 Å². The summed E-state index contributed by atoms with van der Waals surface area (Å²) in [5.74, 6) is -2.82. The Kier molecular flexibility index (Phi) is 4.42. The Morgan fingerprint density at radius 3 is 2.33 bits per heavy atom. The first kappa shape index (κ1) is 14.6. The van der Waals surface area contributed by atoms with E-state index in [-0.39, 0.29) is 31.8 Å². The maximum Gasteiger partial charge on any atom is 0.391 e. The first-order chi connectivity index (χ1) is 8.27. The second-order valence-electron chi connectivity index (χ2n) is 4.39. The summed E-state index contributed by atoms with van der Waals surface area (Å²) in [6.07, 6.45) is -4.40. The number of carbonyl (C=O) groups is 1. The Hall–Kier alpha value is -1.47. The van der Waals surface area contributed by atoms with Crippen molar-refractivity contribution in [3.05, 3.63) is 0 Å². The van der Waals surface area contributed by atoms with Gasteiger partial charge in [0.2, 0.25) is 5.91 Å². The van der Waals surface area contributed by atoms with Crippen LogP contribution in [0.2, 0.25) is 0 Å². The predicted octanol–water partition coefficient (Wildman–Crippen LogP) is 1.17. The fourth-order valence-electron chi connectivity index (χ4n) is 1.91. The zero-order chi connectivity index (χ0) is 13.9. The zero-order valence-electron chi connectivity index (χ0n) is 9.94. The largest absolute Gasteiger partial charge is 0.409 e. The van der Waals surface area contributed by atoms with Gasteiger partial charge in [-0.2, -0.15) is 13.2 Å². The molecule has 0 aromatic carbocycles. The molecule has 1 heterocycles. The third-order valence-corrected chi connectivity index (χ3v) is 3.20. The van der Waals surface area contributed by atoms with Crippen molar-refractivity contribution in [1.82, 2.24) is 4.90 Å². The van der Waals surface area contributed by atoms with E-state index in [0.29, 0.717) is 0 Å². The van der Waals surface area contributed by atoms with Crippen LogP contribution in [0.5, 0.6) is 0 Å². The monoisotopic (exact) mass is 267 g/mol. The third-order valence-electron chi connectivity index (χ3n) is 3.20. The van der Waals surface area contributed by atoms with Crippen molar-refractivity contribution in [3.8, 4) is 0 Å².